The van der Waals surface area contributed by atoms with Crippen LogP contribution in [0.25, 0.3) is 0 Å². The average molecular weight is 326 g/mol. The van der Waals surface area contributed by atoms with Gasteiger partial charge in [-0.25, -0.2) is 8.42 Å². The van der Waals surface area contributed by atoms with Gasteiger partial charge in [-0.05, 0) is 26.0 Å². The van der Waals surface area contributed by atoms with Crippen LogP contribution in [0.2, 0.25) is 10.0 Å². The summed E-state index contributed by atoms with van der Waals surface area (Å²) in [6.07, 6.45) is 1.20. The van der Waals surface area contributed by atoms with E-state index in [-0.39, 0.29) is 23.9 Å². The molecule has 0 atom stereocenters. The molecule has 0 heterocycles. The van der Waals surface area contributed by atoms with Crippen LogP contribution in [0.1, 0.15) is 19.4 Å². The minimum absolute atomic E-state index is 0.0456. The molecule has 0 aliphatic heterocycles. The molecule has 0 fully saturated rings. The molecule has 1 rings (SSSR count). The first-order valence-electron chi connectivity index (χ1n) is 5.62. The third kappa shape index (κ3) is 4.24. The second kappa shape index (κ2) is 5.87. The molecule has 0 aliphatic carbocycles. The normalized spacial score (nSPS) is 12.7. The van der Waals surface area contributed by atoms with Crippen LogP contribution >= 0.6 is 23.2 Å². The highest BCUT2D eigenvalue weighted by atomic mass is 35.5. The summed E-state index contributed by atoms with van der Waals surface area (Å²) < 4.78 is 22.2. The van der Waals surface area contributed by atoms with Gasteiger partial charge in [0.25, 0.3) is 0 Å². The Morgan fingerprint density at radius 3 is 2.42 bits per heavy atom. The van der Waals surface area contributed by atoms with Crippen LogP contribution in [0.4, 0.5) is 0 Å². The van der Waals surface area contributed by atoms with Crippen LogP contribution in [0, 0.1) is 0 Å². The SMILES string of the molecule is CC(C)(CNCc1cc(Cl)cc(Cl)c1O)S(C)(=O)=O. The number of phenolic OH excluding ortho intramolecular Hbond substituents is 1. The molecule has 1 aromatic carbocycles. The zero-order chi connectivity index (χ0) is 14.8. The molecule has 1 aromatic rings. The number of sulfone groups is 1. The molecular formula is C12H17Cl2NO3S. The summed E-state index contributed by atoms with van der Waals surface area (Å²) >= 11 is 11.6. The van der Waals surface area contributed by atoms with Crippen molar-refractivity contribution in [3.05, 3.63) is 27.7 Å². The van der Waals surface area contributed by atoms with E-state index in [0.717, 1.165) is 0 Å². The molecule has 0 saturated carbocycles. The highest BCUT2D eigenvalue weighted by Gasteiger charge is 2.29. The number of hydrogen-bond donors (Lipinski definition) is 2. The molecule has 7 heteroatoms. The number of aromatic hydroxyl groups is 1. The van der Waals surface area contributed by atoms with Crippen LogP contribution in [0.15, 0.2) is 12.1 Å². The van der Waals surface area contributed by atoms with E-state index in [1.807, 2.05) is 0 Å². The van der Waals surface area contributed by atoms with Gasteiger partial charge < -0.3 is 10.4 Å². The molecule has 0 unspecified atom stereocenters. The highest BCUT2D eigenvalue weighted by Crippen LogP contribution is 2.31. The second-order valence-corrected chi connectivity index (χ2v) is 8.52. The zero-order valence-corrected chi connectivity index (χ0v) is 13.3. The molecular weight excluding hydrogens is 309 g/mol. The summed E-state index contributed by atoms with van der Waals surface area (Å²) in [5.41, 5.74) is 0.529. The van der Waals surface area contributed by atoms with Gasteiger partial charge in [0.1, 0.15) is 5.75 Å². The number of hydrogen-bond acceptors (Lipinski definition) is 4. The molecule has 4 nitrogen and oxygen atoms in total. The van der Waals surface area contributed by atoms with Crippen LogP contribution in [-0.4, -0.2) is 31.1 Å². The highest BCUT2D eigenvalue weighted by molar-refractivity contribution is 7.92. The number of rotatable bonds is 5. The third-order valence-electron chi connectivity index (χ3n) is 2.98. The first-order chi connectivity index (χ1) is 8.54. The lowest BCUT2D eigenvalue weighted by Crippen LogP contribution is -2.41. The molecule has 19 heavy (non-hydrogen) atoms. The first kappa shape index (κ1) is 16.6. The van der Waals surface area contributed by atoms with Crippen molar-refractivity contribution in [2.45, 2.75) is 25.1 Å². The molecule has 0 spiro atoms. The van der Waals surface area contributed by atoms with Gasteiger partial charge in [0.05, 0.1) is 9.77 Å². The van der Waals surface area contributed by atoms with Gasteiger partial charge >= 0.3 is 0 Å². The Morgan fingerprint density at radius 1 is 1.32 bits per heavy atom. The standard InChI is InChI=1S/C12H17Cl2NO3S/c1-12(2,19(3,17)18)7-15-6-8-4-9(13)5-10(14)11(8)16/h4-5,15-16H,6-7H2,1-3H3. The smallest absolute Gasteiger partial charge is 0.153 e. The molecule has 0 amide bonds. The average Bonchev–Trinajstić information content (AvgIpc) is 2.23. The van der Waals surface area contributed by atoms with Crippen molar-refractivity contribution in [1.29, 1.82) is 0 Å². The van der Waals surface area contributed by atoms with Gasteiger partial charge in [0, 0.05) is 29.9 Å². The lowest BCUT2D eigenvalue weighted by Gasteiger charge is -2.23. The van der Waals surface area contributed by atoms with Crippen LogP contribution in [-0.2, 0) is 16.4 Å². The topological polar surface area (TPSA) is 66.4 Å². The fraction of sp³-hybridized carbons (Fsp3) is 0.500. The van der Waals surface area contributed by atoms with Gasteiger partial charge in [0.2, 0.25) is 0 Å². The second-order valence-electron chi connectivity index (χ2n) is 5.03. The van der Waals surface area contributed by atoms with Crippen LogP contribution < -0.4 is 5.32 Å². The minimum Gasteiger partial charge on any atom is -0.506 e. The fourth-order valence-electron chi connectivity index (χ4n) is 1.38. The number of benzene rings is 1. The van der Waals surface area contributed by atoms with E-state index in [4.69, 9.17) is 23.2 Å². The Morgan fingerprint density at radius 2 is 1.89 bits per heavy atom. The Hall–Kier alpha value is -0.490. The van der Waals surface area contributed by atoms with Gasteiger partial charge in [-0.1, -0.05) is 23.2 Å². The van der Waals surface area contributed by atoms with Crippen molar-refractivity contribution in [1.82, 2.24) is 5.32 Å². The van der Waals surface area contributed by atoms with E-state index in [2.05, 4.69) is 5.32 Å². The number of nitrogens with one attached hydrogen (secondary N) is 1. The lowest BCUT2D eigenvalue weighted by molar-refractivity contribution is 0.461. The summed E-state index contributed by atoms with van der Waals surface area (Å²) in [7, 11) is -3.16. The molecule has 108 valence electrons. The number of phenols is 1. The lowest BCUT2D eigenvalue weighted by atomic mass is 10.1. The van der Waals surface area contributed by atoms with Crippen molar-refractivity contribution >= 4 is 33.0 Å². The molecule has 0 aromatic heterocycles. The molecule has 0 radical (unpaired) electrons. The van der Waals surface area contributed by atoms with Crippen molar-refractivity contribution in [2.75, 3.05) is 12.8 Å². The van der Waals surface area contributed by atoms with Crippen LogP contribution in [0.5, 0.6) is 5.75 Å². The van der Waals surface area contributed by atoms with E-state index < -0.39 is 14.6 Å². The Balaban J connectivity index is 2.74. The molecule has 0 bridgehead atoms. The summed E-state index contributed by atoms with van der Waals surface area (Å²) in [5.74, 6) is -0.0456. The van der Waals surface area contributed by atoms with Crippen molar-refractivity contribution in [3.8, 4) is 5.75 Å². The van der Waals surface area contributed by atoms with E-state index >= 15 is 0 Å². The molecule has 0 aliphatic rings. The van der Waals surface area contributed by atoms with E-state index in [0.29, 0.717) is 10.6 Å². The summed E-state index contributed by atoms with van der Waals surface area (Å²) in [6.45, 7) is 3.82. The quantitative estimate of drug-likeness (QED) is 0.873. The number of halogens is 2. The Kier molecular flexibility index (Phi) is 5.12. The van der Waals surface area contributed by atoms with Crippen LogP contribution in [0.3, 0.4) is 0 Å². The van der Waals surface area contributed by atoms with Crippen molar-refractivity contribution < 1.29 is 13.5 Å². The maximum Gasteiger partial charge on any atom is 0.153 e. The summed E-state index contributed by atoms with van der Waals surface area (Å²) in [4.78, 5) is 0. The maximum atomic E-state index is 11.5. The Labute approximate surface area is 123 Å². The van der Waals surface area contributed by atoms with Gasteiger partial charge in [0.15, 0.2) is 9.84 Å². The maximum absolute atomic E-state index is 11.5. The predicted molar refractivity (Wildman–Crippen MR) is 78.8 cm³/mol. The third-order valence-corrected chi connectivity index (χ3v) is 5.64. The van der Waals surface area contributed by atoms with E-state index in [9.17, 15) is 13.5 Å². The summed E-state index contributed by atoms with van der Waals surface area (Å²) in [5, 5.41) is 13.3. The largest absolute Gasteiger partial charge is 0.506 e. The summed E-state index contributed by atoms with van der Waals surface area (Å²) in [6, 6.07) is 3.03. The van der Waals surface area contributed by atoms with Gasteiger partial charge in [-0.2, -0.15) is 0 Å². The predicted octanol–water partition coefficient (Wildman–Crippen LogP) is 2.61. The van der Waals surface area contributed by atoms with E-state index in [1.165, 1.54) is 12.3 Å². The zero-order valence-electron chi connectivity index (χ0n) is 11.0. The minimum atomic E-state index is -3.16. The monoisotopic (exact) mass is 325 g/mol. The van der Waals surface area contributed by atoms with E-state index in [1.54, 1.807) is 19.9 Å². The molecule has 2 N–H and O–H groups in total. The molecule has 0 saturated heterocycles. The van der Waals surface area contributed by atoms with Crippen molar-refractivity contribution in [3.63, 3.8) is 0 Å². The van der Waals surface area contributed by atoms with Crippen molar-refractivity contribution in [2.24, 2.45) is 0 Å². The van der Waals surface area contributed by atoms with Gasteiger partial charge in [-0.15, -0.1) is 0 Å². The Bertz CT molecular complexity index is 571. The first-order valence-corrected chi connectivity index (χ1v) is 8.26. The van der Waals surface area contributed by atoms with Gasteiger partial charge in [-0.3, -0.25) is 0 Å². The fourth-order valence-corrected chi connectivity index (χ4v) is 2.28.